The minimum absolute atomic E-state index is 0.0324. The number of rotatable bonds is 1. The second-order valence-corrected chi connectivity index (χ2v) is 2.90. The molecular weight excluding hydrogens is 134 g/mol. The largest absolute Gasteiger partial charge is 0.386 e. The lowest BCUT2D eigenvalue weighted by Crippen LogP contribution is -2.32. The Morgan fingerprint density at radius 2 is 2.20 bits per heavy atom. The molecule has 0 aliphatic heterocycles. The highest BCUT2D eigenvalue weighted by atomic mass is 16.6. The van der Waals surface area contributed by atoms with Gasteiger partial charge >= 0.3 is 0 Å². The third-order valence-corrected chi connectivity index (χ3v) is 2.14. The van der Waals surface area contributed by atoms with Crippen molar-refractivity contribution in [2.45, 2.75) is 31.9 Å². The first-order chi connectivity index (χ1) is 4.63. The lowest BCUT2D eigenvalue weighted by atomic mass is 10.1. The van der Waals surface area contributed by atoms with E-state index < -0.39 is 12.1 Å². The van der Waals surface area contributed by atoms with Gasteiger partial charge in [0.2, 0.25) is 6.04 Å². The van der Waals surface area contributed by atoms with Crippen LogP contribution in [0.2, 0.25) is 0 Å². The molecule has 0 amide bonds. The van der Waals surface area contributed by atoms with Crippen LogP contribution in [-0.2, 0) is 0 Å². The van der Waals surface area contributed by atoms with Gasteiger partial charge in [-0.15, -0.1) is 0 Å². The summed E-state index contributed by atoms with van der Waals surface area (Å²) in [5.74, 6) is 0.0324. The average Bonchev–Trinajstić information content (AvgIpc) is 2.11. The molecule has 1 aliphatic rings. The fourth-order valence-electron chi connectivity index (χ4n) is 1.50. The molecule has 0 saturated heterocycles. The number of aliphatic hydroxyl groups is 1. The molecule has 0 radical (unpaired) electrons. The van der Waals surface area contributed by atoms with Gasteiger partial charge in [0.05, 0.1) is 0 Å². The molecule has 4 nitrogen and oxygen atoms in total. The van der Waals surface area contributed by atoms with E-state index in [1.807, 2.05) is 6.92 Å². The van der Waals surface area contributed by atoms with Crippen LogP contribution in [0.3, 0.4) is 0 Å². The third kappa shape index (κ3) is 1.11. The summed E-state index contributed by atoms with van der Waals surface area (Å²) in [5.41, 5.74) is 0. The average molecular weight is 145 g/mol. The summed E-state index contributed by atoms with van der Waals surface area (Å²) in [5, 5.41) is 19.4. The maximum Gasteiger partial charge on any atom is 0.241 e. The quantitative estimate of drug-likeness (QED) is 0.429. The van der Waals surface area contributed by atoms with Crippen molar-refractivity contribution in [1.82, 2.24) is 0 Å². The highest BCUT2D eigenvalue weighted by Gasteiger charge is 2.40. The van der Waals surface area contributed by atoms with Gasteiger partial charge in [0.25, 0.3) is 0 Å². The molecule has 3 atom stereocenters. The van der Waals surface area contributed by atoms with Gasteiger partial charge in [-0.2, -0.15) is 0 Å². The monoisotopic (exact) mass is 145 g/mol. The van der Waals surface area contributed by atoms with Crippen molar-refractivity contribution in [1.29, 1.82) is 0 Å². The van der Waals surface area contributed by atoms with Gasteiger partial charge in [-0.25, -0.2) is 0 Å². The van der Waals surface area contributed by atoms with Crippen molar-refractivity contribution in [3.63, 3.8) is 0 Å². The lowest BCUT2D eigenvalue weighted by molar-refractivity contribution is -0.537. The molecule has 4 heteroatoms. The van der Waals surface area contributed by atoms with Crippen LogP contribution in [0.5, 0.6) is 0 Å². The topological polar surface area (TPSA) is 63.4 Å². The smallest absolute Gasteiger partial charge is 0.241 e. The predicted molar refractivity (Wildman–Crippen MR) is 35.2 cm³/mol. The molecule has 0 aromatic heterocycles. The summed E-state index contributed by atoms with van der Waals surface area (Å²) in [6, 6.07) is -0.722. The van der Waals surface area contributed by atoms with E-state index in [0.29, 0.717) is 6.42 Å². The molecule has 0 bridgehead atoms. The van der Waals surface area contributed by atoms with Gasteiger partial charge in [0.15, 0.2) is 0 Å². The molecule has 0 spiro atoms. The van der Waals surface area contributed by atoms with Crippen molar-refractivity contribution in [3.8, 4) is 0 Å². The zero-order valence-corrected chi connectivity index (χ0v) is 5.86. The fraction of sp³-hybridized carbons (Fsp3) is 1.00. The minimum atomic E-state index is -0.722. The number of hydrogen-bond acceptors (Lipinski definition) is 3. The van der Waals surface area contributed by atoms with Crippen molar-refractivity contribution in [2.24, 2.45) is 5.92 Å². The van der Waals surface area contributed by atoms with Crippen LogP contribution < -0.4 is 0 Å². The Labute approximate surface area is 59.0 Å². The summed E-state index contributed by atoms with van der Waals surface area (Å²) < 4.78 is 0. The van der Waals surface area contributed by atoms with Crippen LogP contribution >= 0.6 is 0 Å². The highest BCUT2D eigenvalue weighted by Crippen LogP contribution is 2.27. The van der Waals surface area contributed by atoms with E-state index in [0.717, 1.165) is 6.42 Å². The molecule has 0 heterocycles. The maximum absolute atomic E-state index is 10.3. The number of nitro groups is 1. The third-order valence-electron chi connectivity index (χ3n) is 2.14. The molecule has 1 fully saturated rings. The molecule has 58 valence electrons. The summed E-state index contributed by atoms with van der Waals surface area (Å²) in [6.45, 7) is 1.81. The van der Waals surface area contributed by atoms with Gasteiger partial charge in [-0.3, -0.25) is 10.1 Å². The van der Waals surface area contributed by atoms with Crippen LogP contribution in [0, 0.1) is 16.0 Å². The van der Waals surface area contributed by atoms with E-state index in [9.17, 15) is 10.1 Å². The van der Waals surface area contributed by atoms with Gasteiger partial charge in [-0.1, -0.05) is 6.92 Å². The summed E-state index contributed by atoms with van der Waals surface area (Å²) in [4.78, 5) is 9.90. The molecule has 0 aromatic carbocycles. The minimum Gasteiger partial charge on any atom is -0.386 e. The maximum atomic E-state index is 10.3. The summed E-state index contributed by atoms with van der Waals surface area (Å²) >= 11 is 0. The van der Waals surface area contributed by atoms with Crippen LogP contribution in [0.1, 0.15) is 19.8 Å². The number of nitrogens with zero attached hydrogens (tertiary/aromatic N) is 1. The Morgan fingerprint density at radius 1 is 1.60 bits per heavy atom. The SMILES string of the molecule is CC1CCC(O)C1[N+](=O)[O-]. The lowest BCUT2D eigenvalue weighted by Gasteiger charge is -2.08. The van der Waals surface area contributed by atoms with Gasteiger partial charge < -0.3 is 5.11 Å². The van der Waals surface area contributed by atoms with Crippen molar-refractivity contribution in [2.75, 3.05) is 0 Å². The first-order valence-corrected chi connectivity index (χ1v) is 3.44. The zero-order chi connectivity index (χ0) is 7.72. The van der Waals surface area contributed by atoms with Crippen molar-refractivity contribution < 1.29 is 10.0 Å². The molecular formula is C6H11NO3. The molecule has 1 N–H and O–H groups in total. The predicted octanol–water partition coefficient (Wildman–Crippen LogP) is 0.422. The van der Waals surface area contributed by atoms with E-state index >= 15 is 0 Å². The summed E-state index contributed by atoms with van der Waals surface area (Å²) in [7, 11) is 0. The molecule has 3 unspecified atom stereocenters. The zero-order valence-electron chi connectivity index (χ0n) is 5.86. The second-order valence-electron chi connectivity index (χ2n) is 2.90. The van der Waals surface area contributed by atoms with E-state index in [2.05, 4.69) is 0 Å². The van der Waals surface area contributed by atoms with E-state index in [1.54, 1.807) is 0 Å². The standard InChI is InChI=1S/C6H11NO3/c1-4-2-3-5(8)6(4)7(9)10/h4-6,8H,2-3H2,1H3. The van der Waals surface area contributed by atoms with Crippen LogP contribution in [0.4, 0.5) is 0 Å². The van der Waals surface area contributed by atoms with Crippen molar-refractivity contribution >= 4 is 0 Å². The Bertz CT molecular complexity index is 138. The van der Waals surface area contributed by atoms with Crippen LogP contribution in [-0.4, -0.2) is 22.2 Å². The first kappa shape index (κ1) is 7.47. The molecule has 1 rings (SSSR count). The van der Waals surface area contributed by atoms with E-state index in [-0.39, 0.29) is 10.8 Å². The number of aliphatic hydroxyl groups excluding tert-OH is 1. The Morgan fingerprint density at radius 3 is 2.40 bits per heavy atom. The normalized spacial score (nSPS) is 40.0. The Hall–Kier alpha value is -0.640. The molecule has 10 heavy (non-hydrogen) atoms. The first-order valence-electron chi connectivity index (χ1n) is 3.44. The second kappa shape index (κ2) is 2.54. The number of hydrogen-bond donors (Lipinski definition) is 1. The van der Waals surface area contributed by atoms with Crippen LogP contribution in [0.25, 0.3) is 0 Å². The summed E-state index contributed by atoms with van der Waals surface area (Å²) in [6.07, 6.45) is 0.629. The fourth-order valence-corrected chi connectivity index (χ4v) is 1.50. The molecule has 1 saturated carbocycles. The van der Waals surface area contributed by atoms with Gasteiger partial charge in [-0.05, 0) is 12.8 Å². The van der Waals surface area contributed by atoms with Crippen LogP contribution in [0.15, 0.2) is 0 Å². The van der Waals surface area contributed by atoms with Gasteiger partial charge in [0, 0.05) is 10.8 Å². The molecule has 1 aliphatic carbocycles. The van der Waals surface area contributed by atoms with Gasteiger partial charge in [0.1, 0.15) is 6.10 Å². The van der Waals surface area contributed by atoms with E-state index in [1.165, 1.54) is 0 Å². The Balaban J connectivity index is 2.63. The molecule has 0 aromatic rings. The Kier molecular flexibility index (Phi) is 1.89. The van der Waals surface area contributed by atoms with E-state index in [4.69, 9.17) is 5.11 Å². The van der Waals surface area contributed by atoms with Crippen molar-refractivity contribution in [3.05, 3.63) is 10.1 Å². The highest BCUT2D eigenvalue weighted by molar-refractivity contribution is 4.81.